The first-order valence-electron chi connectivity index (χ1n) is 8.46. The Balaban J connectivity index is 4.85. The molecule has 146 valence electrons. The van der Waals surface area contributed by atoms with Crippen LogP contribution >= 0.6 is 0 Å². The van der Waals surface area contributed by atoms with Gasteiger partial charge >= 0.3 is 6.09 Å². The maximum Gasteiger partial charge on any atom is 0.407 e. The van der Waals surface area contributed by atoms with Crippen molar-refractivity contribution < 1.29 is 19.1 Å². The lowest BCUT2D eigenvalue weighted by molar-refractivity contribution is -0.135. The van der Waals surface area contributed by atoms with Gasteiger partial charge in [-0.15, -0.1) is 0 Å². The molecule has 0 aromatic heterocycles. The highest BCUT2D eigenvalue weighted by Crippen LogP contribution is 2.14. The zero-order chi connectivity index (χ0) is 20.3. The molecular formula is C18H35N3O4. The van der Waals surface area contributed by atoms with E-state index in [2.05, 4.69) is 16.0 Å². The smallest absolute Gasteiger partial charge is 0.407 e. The highest BCUT2D eigenvalue weighted by molar-refractivity contribution is 5.95. The van der Waals surface area contributed by atoms with E-state index in [-0.39, 0.29) is 17.9 Å². The highest BCUT2D eigenvalue weighted by atomic mass is 16.5. The summed E-state index contributed by atoms with van der Waals surface area (Å²) in [4.78, 5) is 36.8. The average molecular weight is 357 g/mol. The van der Waals surface area contributed by atoms with E-state index in [1.165, 1.54) is 0 Å². The summed E-state index contributed by atoms with van der Waals surface area (Å²) >= 11 is 0. The SMILES string of the molecule is CC(C)(C)COC(=O)NC(C)(C)C(=O)NC(C)(C)C(=O)NC(C)(C)C. The molecule has 0 aliphatic rings. The maximum absolute atomic E-state index is 12.5. The highest BCUT2D eigenvalue weighted by Gasteiger charge is 2.38. The lowest BCUT2D eigenvalue weighted by atomic mass is 9.97. The van der Waals surface area contributed by atoms with E-state index in [0.29, 0.717) is 0 Å². The second-order valence-corrected chi connectivity index (χ2v) is 9.67. The van der Waals surface area contributed by atoms with Gasteiger partial charge in [0.05, 0.1) is 6.61 Å². The van der Waals surface area contributed by atoms with Crippen molar-refractivity contribution in [3.05, 3.63) is 0 Å². The largest absolute Gasteiger partial charge is 0.449 e. The van der Waals surface area contributed by atoms with Crippen LogP contribution < -0.4 is 16.0 Å². The molecule has 0 rings (SSSR count). The molecule has 0 aromatic rings. The van der Waals surface area contributed by atoms with Crippen LogP contribution in [-0.2, 0) is 14.3 Å². The zero-order valence-electron chi connectivity index (χ0n) is 17.3. The van der Waals surface area contributed by atoms with E-state index < -0.39 is 28.6 Å². The predicted octanol–water partition coefficient (Wildman–Crippen LogP) is 2.35. The molecule has 3 amide bonds. The third kappa shape index (κ3) is 9.31. The number of nitrogens with one attached hydrogen (secondary N) is 3. The standard InChI is InChI=1S/C18H35N3O4/c1-15(2,3)11-25-14(24)21-18(9,10)13(23)20-17(7,8)12(22)19-16(4,5)6/h11H2,1-10H3,(H,19,22)(H,20,23)(H,21,24). The Hall–Kier alpha value is -1.79. The number of alkyl carbamates (subject to hydrolysis) is 1. The normalized spacial score (nSPS) is 13.0. The van der Waals surface area contributed by atoms with Gasteiger partial charge in [0.2, 0.25) is 11.8 Å². The minimum Gasteiger partial charge on any atom is -0.449 e. The van der Waals surface area contributed by atoms with Crippen LogP contribution in [0.5, 0.6) is 0 Å². The van der Waals surface area contributed by atoms with Gasteiger partial charge < -0.3 is 20.7 Å². The number of ether oxygens (including phenoxy) is 1. The van der Waals surface area contributed by atoms with Crippen LogP contribution in [0.4, 0.5) is 4.79 Å². The molecule has 0 spiro atoms. The molecule has 0 aromatic carbocycles. The van der Waals surface area contributed by atoms with Crippen LogP contribution in [-0.4, -0.2) is 41.1 Å². The fourth-order valence-corrected chi connectivity index (χ4v) is 1.62. The lowest BCUT2D eigenvalue weighted by Gasteiger charge is -2.33. The first kappa shape index (κ1) is 23.2. The van der Waals surface area contributed by atoms with Crippen molar-refractivity contribution in [2.45, 2.75) is 85.9 Å². The summed E-state index contributed by atoms with van der Waals surface area (Å²) < 4.78 is 5.13. The van der Waals surface area contributed by atoms with Crippen molar-refractivity contribution in [3.63, 3.8) is 0 Å². The minimum atomic E-state index is -1.23. The molecule has 7 heteroatoms. The molecule has 0 radical (unpaired) electrons. The summed E-state index contributed by atoms with van der Waals surface area (Å²) in [6.07, 6.45) is -0.674. The van der Waals surface area contributed by atoms with Crippen molar-refractivity contribution in [2.24, 2.45) is 5.41 Å². The van der Waals surface area contributed by atoms with E-state index >= 15 is 0 Å². The summed E-state index contributed by atoms with van der Waals surface area (Å²) in [7, 11) is 0. The molecule has 7 nitrogen and oxygen atoms in total. The second kappa shape index (κ2) is 7.62. The predicted molar refractivity (Wildman–Crippen MR) is 98.1 cm³/mol. The topological polar surface area (TPSA) is 96.5 Å². The Bertz CT molecular complexity index is 511. The van der Waals surface area contributed by atoms with Gasteiger partial charge in [0.25, 0.3) is 0 Å². The molecular weight excluding hydrogens is 322 g/mol. The summed E-state index contributed by atoms with van der Waals surface area (Å²) in [5, 5.41) is 8.04. The van der Waals surface area contributed by atoms with E-state index in [0.717, 1.165) is 0 Å². The maximum atomic E-state index is 12.5. The molecule has 0 saturated carbocycles. The van der Waals surface area contributed by atoms with Crippen LogP contribution in [0.1, 0.15) is 69.2 Å². The Morgan fingerprint density at radius 2 is 1.08 bits per heavy atom. The average Bonchev–Trinajstić information content (AvgIpc) is 2.32. The first-order valence-corrected chi connectivity index (χ1v) is 8.46. The van der Waals surface area contributed by atoms with Crippen molar-refractivity contribution in [3.8, 4) is 0 Å². The van der Waals surface area contributed by atoms with Gasteiger partial charge in [0.15, 0.2) is 0 Å². The van der Waals surface area contributed by atoms with Crippen LogP contribution in [0.15, 0.2) is 0 Å². The van der Waals surface area contributed by atoms with Crippen LogP contribution in [0.3, 0.4) is 0 Å². The van der Waals surface area contributed by atoms with E-state index in [1.807, 2.05) is 41.5 Å². The van der Waals surface area contributed by atoms with Gasteiger partial charge in [-0.1, -0.05) is 20.8 Å². The number of hydrogen-bond acceptors (Lipinski definition) is 4. The van der Waals surface area contributed by atoms with Gasteiger partial charge in [-0.25, -0.2) is 4.79 Å². The molecule has 3 N–H and O–H groups in total. The summed E-state index contributed by atoms with van der Waals surface area (Å²) in [5.41, 5.74) is -2.94. The number of amides is 3. The lowest BCUT2D eigenvalue weighted by Crippen LogP contribution is -2.64. The van der Waals surface area contributed by atoms with Gasteiger partial charge in [0, 0.05) is 5.54 Å². The number of carbonyl (C=O) groups is 3. The zero-order valence-corrected chi connectivity index (χ0v) is 17.3. The quantitative estimate of drug-likeness (QED) is 0.703. The van der Waals surface area contributed by atoms with E-state index in [4.69, 9.17) is 4.74 Å². The summed E-state index contributed by atoms with van der Waals surface area (Å²) in [5.74, 6) is -0.784. The van der Waals surface area contributed by atoms with Crippen LogP contribution in [0.2, 0.25) is 0 Å². The van der Waals surface area contributed by atoms with Gasteiger partial charge in [0.1, 0.15) is 11.1 Å². The molecule has 0 atom stereocenters. The Morgan fingerprint density at radius 3 is 1.48 bits per heavy atom. The molecule has 0 aliphatic heterocycles. The third-order valence-electron chi connectivity index (χ3n) is 3.10. The summed E-state index contributed by atoms with van der Waals surface area (Å²) in [6.45, 7) is 18.0. The van der Waals surface area contributed by atoms with Crippen molar-refractivity contribution >= 4 is 17.9 Å². The Labute approximate surface area is 151 Å². The second-order valence-electron chi connectivity index (χ2n) is 9.67. The van der Waals surface area contributed by atoms with Gasteiger partial charge in [-0.05, 0) is 53.9 Å². The molecule has 0 heterocycles. The van der Waals surface area contributed by atoms with Crippen molar-refractivity contribution in [2.75, 3.05) is 6.61 Å². The third-order valence-corrected chi connectivity index (χ3v) is 3.10. The molecule has 0 fully saturated rings. The van der Waals surface area contributed by atoms with Crippen molar-refractivity contribution in [1.29, 1.82) is 0 Å². The fraction of sp³-hybridized carbons (Fsp3) is 0.833. The Kier molecular flexibility index (Phi) is 7.07. The number of carbonyl (C=O) groups excluding carboxylic acids is 3. The summed E-state index contributed by atoms with van der Waals surface area (Å²) in [6, 6.07) is 0. The molecule has 0 unspecified atom stereocenters. The van der Waals surface area contributed by atoms with Gasteiger partial charge in [-0.2, -0.15) is 0 Å². The van der Waals surface area contributed by atoms with Crippen LogP contribution in [0.25, 0.3) is 0 Å². The van der Waals surface area contributed by atoms with E-state index in [9.17, 15) is 14.4 Å². The fourth-order valence-electron chi connectivity index (χ4n) is 1.62. The molecule has 25 heavy (non-hydrogen) atoms. The minimum absolute atomic E-state index is 0.170. The number of rotatable bonds is 5. The Morgan fingerprint density at radius 1 is 0.680 bits per heavy atom. The van der Waals surface area contributed by atoms with Crippen molar-refractivity contribution in [1.82, 2.24) is 16.0 Å². The van der Waals surface area contributed by atoms with Gasteiger partial charge in [-0.3, -0.25) is 9.59 Å². The van der Waals surface area contributed by atoms with E-state index in [1.54, 1.807) is 27.7 Å². The number of hydrogen-bond donors (Lipinski definition) is 3. The monoisotopic (exact) mass is 357 g/mol. The molecule has 0 bridgehead atoms. The molecule has 0 saturated heterocycles. The molecule has 0 aliphatic carbocycles. The first-order chi connectivity index (χ1) is 10.9. The van der Waals surface area contributed by atoms with Crippen LogP contribution in [0, 0.1) is 5.41 Å².